The molecule has 0 N–H and O–H groups in total. The zero-order valence-corrected chi connectivity index (χ0v) is 12.2. The third-order valence-corrected chi connectivity index (χ3v) is 3.34. The molecule has 0 saturated heterocycles. The molecule has 3 rings (SSSR count). The van der Waals surface area contributed by atoms with E-state index in [-0.39, 0.29) is 6.54 Å². The van der Waals surface area contributed by atoms with Gasteiger partial charge in [-0.15, -0.1) is 10.2 Å². The van der Waals surface area contributed by atoms with Gasteiger partial charge in [-0.3, -0.25) is 0 Å². The molecule has 0 atom stereocenters. The van der Waals surface area contributed by atoms with E-state index in [1.807, 2.05) is 31.2 Å². The largest absolute Gasteiger partial charge is 0.416 e. The van der Waals surface area contributed by atoms with E-state index in [4.69, 9.17) is 0 Å². The highest BCUT2D eigenvalue weighted by Crippen LogP contribution is 2.29. The molecule has 0 aliphatic carbocycles. The lowest BCUT2D eigenvalue weighted by atomic mass is 10.1. The van der Waals surface area contributed by atoms with Gasteiger partial charge in [-0.05, 0) is 29.8 Å². The molecule has 3 aromatic rings. The quantitative estimate of drug-likeness (QED) is 0.739. The van der Waals surface area contributed by atoms with Gasteiger partial charge in [0, 0.05) is 5.56 Å². The van der Waals surface area contributed by atoms with Crippen LogP contribution in [0.15, 0.2) is 48.5 Å². The number of benzene rings is 2. The van der Waals surface area contributed by atoms with Gasteiger partial charge in [0.05, 0.1) is 12.1 Å². The van der Waals surface area contributed by atoms with Crippen LogP contribution in [0, 0.1) is 6.92 Å². The molecular weight excluding hydrogens is 305 g/mol. The summed E-state index contributed by atoms with van der Waals surface area (Å²) in [5, 5.41) is 12.1. The molecular formula is C16H13F3N4. The molecule has 7 heteroatoms. The highest BCUT2D eigenvalue weighted by Gasteiger charge is 2.30. The average molecular weight is 318 g/mol. The van der Waals surface area contributed by atoms with E-state index in [9.17, 15) is 13.2 Å². The summed E-state index contributed by atoms with van der Waals surface area (Å²) < 4.78 is 38.1. The predicted octanol–water partition coefficient (Wildman–Crippen LogP) is 3.72. The number of aromatic nitrogens is 4. The molecule has 0 radical (unpaired) electrons. The topological polar surface area (TPSA) is 43.6 Å². The number of hydrogen-bond donors (Lipinski definition) is 0. The van der Waals surface area contributed by atoms with Crippen LogP contribution in [-0.4, -0.2) is 20.2 Å². The minimum atomic E-state index is -4.36. The molecule has 0 aliphatic heterocycles. The van der Waals surface area contributed by atoms with Crippen LogP contribution < -0.4 is 0 Å². The summed E-state index contributed by atoms with van der Waals surface area (Å²) in [5.74, 6) is 0.442. The summed E-state index contributed by atoms with van der Waals surface area (Å²) in [6, 6.07) is 12.7. The highest BCUT2D eigenvalue weighted by molar-refractivity contribution is 5.54. The highest BCUT2D eigenvalue weighted by atomic mass is 19.4. The Morgan fingerprint density at radius 2 is 1.78 bits per heavy atom. The van der Waals surface area contributed by atoms with Crippen molar-refractivity contribution in [2.45, 2.75) is 19.6 Å². The fourth-order valence-electron chi connectivity index (χ4n) is 2.14. The van der Waals surface area contributed by atoms with Gasteiger partial charge in [-0.2, -0.15) is 18.0 Å². The van der Waals surface area contributed by atoms with Crippen molar-refractivity contribution in [3.05, 3.63) is 65.2 Å². The smallest absolute Gasteiger partial charge is 0.166 e. The molecule has 0 fully saturated rings. The molecule has 2 aromatic carbocycles. The van der Waals surface area contributed by atoms with Gasteiger partial charge in [-0.25, -0.2) is 0 Å². The average Bonchev–Trinajstić information content (AvgIpc) is 2.96. The van der Waals surface area contributed by atoms with Gasteiger partial charge in [0.25, 0.3) is 0 Å². The molecule has 0 spiro atoms. The minimum absolute atomic E-state index is 0.128. The van der Waals surface area contributed by atoms with Crippen LogP contribution in [0.2, 0.25) is 0 Å². The van der Waals surface area contributed by atoms with Crippen molar-refractivity contribution in [3.63, 3.8) is 0 Å². The van der Waals surface area contributed by atoms with E-state index in [2.05, 4.69) is 15.4 Å². The van der Waals surface area contributed by atoms with E-state index < -0.39 is 11.7 Å². The molecule has 118 valence electrons. The summed E-state index contributed by atoms with van der Waals surface area (Å²) >= 11 is 0. The zero-order valence-electron chi connectivity index (χ0n) is 12.2. The molecule has 4 nitrogen and oxygen atoms in total. The molecule has 1 heterocycles. The first-order valence-electron chi connectivity index (χ1n) is 6.93. The normalized spacial score (nSPS) is 11.7. The van der Waals surface area contributed by atoms with Crippen molar-refractivity contribution >= 4 is 0 Å². The summed E-state index contributed by atoms with van der Waals surface area (Å²) in [4.78, 5) is 1.28. The van der Waals surface area contributed by atoms with Crippen LogP contribution in [0.25, 0.3) is 11.4 Å². The standard InChI is InChI=1S/C16H13F3N4/c1-11-5-7-13(8-6-11)15-20-22-23(21-15)10-12-3-2-4-14(9-12)16(17,18)19/h2-9H,10H2,1H3. The molecule has 0 bridgehead atoms. The summed E-state index contributed by atoms with van der Waals surface area (Å²) in [6.45, 7) is 2.10. The Bertz CT molecular complexity index is 807. The Hall–Kier alpha value is -2.70. The summed E-state index contributed by atoms with van der Waals surface area (Å²) in [5.41, 5.74) is 1.71. The van der Waals surface area contributed by atoms with Crippen LogP contribution in [0.1, 0.15) is 16.7 Å². The third kappa shape index (κ3) is 3.56. The first-order chi connectivity index (χ1) is 10.9. The van der Waals surface area contributed by atoms with Crippen molar-refractivity contribution in [1.29, 1.82) is 0 Å². The van der Waals surface area contributed by atoms with Crippen molar-refractivity contribution in [3.8, 4) is 11.4 Å². The third-order valence-electron chi connectivity index (χ3n) is 3.34. The van der Waals surface area contributed by atoms with Crippen LogP contribution in [-0.2, 0) is 12.7 Å². The summed E-state index contributed by atoms with van der Waals surface area (Å²) in [7, 11) is 0. The number of tetrazole rings is 1. The maximum atomic E-state index is 12.7. The SMILES string of the molecule is Cc1ccc(-c2nnn(Cc3cccc(C(F)(F)F)c3)n2)cc1. The fraction of sp³-hybridized carbons (Fsp3) is 0.188. The van der Waals surface area contributed by atoms with Gasteiger partial charge in [-0.1, -0.05) is 42.0 Å². The Morgan fingerprint density at radius 3 is 2.48 bits per heavy atom. The molecule has 0 unspecified atom stereocenters. The van der Waals surface area contributed by atoms with E-state index in [0.717, 1.165) is 23.3 Å². The van der Waals surface area contributed by atoms with Gasteiger partial charge < -0.3 is 0 Å². The number of aryl methyl sites for hydroxylation is 1. The lowest BCUT2D eigenvalue weighted by Crippen LogP contribution is -2.08. The molecule has 23 heavy (non-hydrogen) atoms. The molecule has 0 saturated carbocycles. The fourth-order valence-corrected chi connectivity index (χ4v) is 2.14. The maximum absolute atomic E-state index is 12.7. The lowest BCUT2D eigenvalue weighted by Gasteiger charge is -2.08. The number of alkyl halides is 3. The molecule has 0 aliphatic rings. The monoisotopic (exact) mass is 318 g/mol. The van der Waals surface area contributed by atoms with Crippen LogP contribution >= 0.6 is 0 Å². The van der Waals surface area contributed by atoms with Crippen LogP contribution in [0.5, 0.6) is 0 Å². The maximum Gasteiger partial charge on any atom is 0.416 e. The van der Waals surface area contributed by atoms with Gasteiger partial charge in [0.2, 0.25) is 5.82 Å². The second-order valence-electron chi connectivity index (χ2n) is 5.21. The van der Waals surface area contributed by atoms with Crippen molar-refractivity contribution in [1.82, 2.24) is 20.2 Å². The van der Waals surface area contributed by atoms with E-state index in [0.29, 0.717) is 11.4 Å². The Balaban J connectivity index is 1.81. The Labute approximate surface area is 130 Å². The predicted molar refractivity (Wildman–Crippen MR) is 78.5 cm³/mol. The first kappa shape index (κ1) is 15.2. The first-order valence-corrected chi connectivity index (χ1v) is 6.93. The van der Waals surface area contributed by atoms with E-state index >= 15 is 0 Å². The van der Waals surface area contributed by atoms with Gasteiger partial charge in [0.15, 0.2) is 0 Å². The van der Waals surface area contributed by atoms with Crippen molar-refractivity contribution < 1.29 is 13.2 Å². The van der Waals surface area contributed by atoms with Crippen molar-refractivity contribution in [2.24, 2.45) is 0 Å². The van der Waals surface area contributed by atoms with Gasteiger partial charge >= 0.3 is 6.18 Å². The molecule has 0 amide bonds. The molecule has 1 aromatic heterocycles. The lowest BCUT2D eigenvalue weighted by molar-refractivity contribution is -0.137. The zero-order chi connectivity index (χ0) is 16.4. The number of nitrogens with zero attached hydrogens (tertiary/aromatic N) is 4. The second-order valence-corrected chi connectivity index (χ2v) is 5.21. The number of rotatable bonds is 3. The van der Waals surface area contributed by atoms with Crippen molar-refractivity contribution in [2.75, 3.05) is 0 Å². The van der Waals surface area contributed by atoms with Crippen LogP contribution in [0.3, 0.4) is 0 Å². The Morgan fingerprint density at radius 1 is 1.04 bits per heavy atom. The summed E-state index contributed by atoms with van der Waals surface area (Å²) in [6.07, 6.45) is -4.36. The van der Waals surface area contributed by atoms with E-state index in [1.54, 1.807) is 6.07 Å². The number of hydrogen-bond acceptors (Lipinski definition) is 3. The second kappa shape index (κ2) is 5.83. The van der Waals surface area contributed by atoms with Gasteiger partial charge in [0.1, 0.15) is 0 Å². The van der Waals surface area contributed by atoms with Crippen LogP contribution in [0.4, 0.5) is 13.2 Å². The number of halogens is 3. The minimum Gasteiger partial charge on any atom is -0.166 e. The Kier molecular flexibility index (Phi) is 3.85. The van der Waals surface area contributed by atoms with E-state index in [1.165, 1.54) is 10.9 Å².